The molecule has 21 heavy (non-hydrogen) atoms. The van der Waals surface area contributed by atoms with E-state index in [2.05, 4.69) is 76.3 Å². The lowest BCUT2D eigenvalue weighted by atomic mass is 10.0. The van der Waals surface area contributed by atoms with Crippen molar-refractivity contribution in [2.45, 2.75) is 59.8 Å². The summed E-state index contributed by atoms with van der Waals surface area (Å²) in [6.07, 6.45) is 12.8. The fraction of sp³-hybridized carbons (Fsp3) is 0.429. The highest BCUT2D eigenvalue weighted by Crippen LogP contribution is 2.12. The number of allylic oxidation sites excluding steroid dienone is 6. The van der Waals surface area contributed by atoms with E-state index in [1.165, 1.54) is 41.5 Å². The van der Waals surface area contributed by atoms with Crippen LogP contribution in [0.4, 0.5) is 0 Å². The Kier molecular flexibility index (Phi) is 8.50. The van der Waals surface area contributed by atoms with Gasteiger partial charge >= 0.3 is 0 Å². The molecule has 0 amide bonds. The van der Waals surface area contributed by atoms with Crippen LogP contribution in [0.2, 0.25) is 0 Å². The minimum absolute atomic E-state index is 1.05. The maximum Gasteiger partial charge on any atom is -0.00949 e. The van der Waals surface area contributed by atoms with Gasteiger partial charge in [-0.1, -0.05) is 65.3 Å². The first kappa shape index (κ1) is 17.5. The Hall–Kier alpha value is -1.56. The molecule has 0 N–H and O–H groups in total. The van der Waals surface area contributed by atoms with Crippen molar-refractivity contribution < 1.29 is 0 Å². The van der Waals surface area contributed by atoms with E-state index >= 15 is 0 Å². The van der Waals surface area contributed by atoms with Gasteiger partial charge in [-0.2, -0.15) is 0 Å². The zero-order valence-electron chi connectivity index (χ0n) is 14.2. The van der Waals surface area contributed by atoms with Crippen LogP contribution in [0.15, 0.2) is 65.3 Å². The lowest BCUT2D eigenvalue weighted by Gasteiger charge is -2.02. The van der Waals surface area contributed by atoms with Crippen molar-refractivity contribution in [1.29, 1.82) is 0 Å². The molecule has 0 aliphatic rings. The summed E-state index contributed by atoms with van der Waals surface area (Å²) in [6.45, 7) is 8.83. The predicted octanol–water partition coefficient (Wildman–Crippen LogP) is 6.65. The molecule has 1 aromatic rings. The predicted molar refractivity (Wildman–Crippen MR) is 95.6 cm³/mol. The van der Waals surface area contributed by atoms with Crippen LogP contribution in [-0.4, -0.2) is 0 Å². The van der Waals surface area contributed by atoms with Gasteiger partial charge in [0.15, 0.2) is 0 Å². The summed E-state index contributed by atoms with van der Waals surface area (Å²) in [7, 11) is 0. The summed E-state index contributed by atoms with van der Waals surface area (Å²) < 4.78 is 0. The SMILES string of the molecule is CC(C)=CCC/C(C)=C/CC/C(C)=C/Cc1ccccc1. The summed E-state index contributed by atoms with van der Waals surface area (Å²) in [5, 5.41) is 0. The molecule has 0 atom stereocenters. The molecule has 0 fully saturated rings. The lowest BCUT2D eigenvalue weighted by Crippen LogP contribution is -1.84. The van der Waals surface area contributed by atoms with Crippen molar-refractivity contribution in [2.24, 2.45) is 0 Å². The van der Waals surface area contributed by atoms with Crippen molar-refractivity contribution >= 4 is 0 Å². The number of hydrogen-bond donors (Lipinski definition) is 0. The van der Waals surface area contributed by atoms with Crippen LogP contribution in [-0.2, 0) is 6.42 Å². The summed E-state index contributed by atoms with van der Waals surface area (Å²) in [5.74, 6) is 0. The molecule has 0 heteroatoms. The fourth-order valence-corrected chi connectivity index (χ4v) is 2.25. The van der Waals surface area contributed by atoms with Gasteiger partial charge in [-0.25, -0.2) is 0 Å². The molecule has 0 heterocycles. The summed E-state index contributed by atoms with van der Waals surface area (Å²) in [4.78, 5) is 0. The van der Waals surface area contributed by atoms with Crippen LogP contribution in [0.5, 0.6) is 0 Å². The molecule has 0 radical (unpaired) electrons. The van der Waals surface area contributed by atoms with Gasteiger partial charge in [0, 0.05) is 0 Å². The zero-order valence-corrected chi connectivity index (χ0v) is 14.2. The standard InChI is InChI=1S/C21H30/c1-18(2)10-8-11-19(3)12-9-13-20(4)16-17-21-14-6-5-7-15-21/h5-7,10,12,14-16H,8-9,11,13,17H2,1-4H3/b19-12+,20-16+. The van der Waals surface area contributed by atoms with E-state index < -0.39 is 0 Å². The van der Waals surface area contributed by atoms with E-state index in [0.717, 1.165) is 12.8 Å². The third kappa shape index (κ3) is 9.07. The van der Waals surface area contributed by atoms with Gasteiger partial charge in [0.1, 0.15) is 0 Å². The zero-order chi connectivity index (χ0) is 15.5. The van der Waals surface area contributed by atoms with E-state index in [-0.39, 0.29) is 0 Å². The van der Waals surface area contributed by atoms with Crippen LogP contribution < -0.4 is 0 Å². The van der Waals surface area contributed by atoms with E-state index in [9.17, 15) is 0 Å². The van der Waals surface area contributed by atoms with Crippen LogP contribution in [0.25, 0.3) is 0 Å². The monoisotopic (exact) mass is 282 g/mol. The Labute approximate surface area is 131 Å². The van der Waals surface area contributed by atoms with Gasteiger partial charge in [-0.15, -0.1) is 0 Å². The van der Waals surface area contributed by atoms with E-state index in [4.69, 9.17) is 0 Å². The van der Waals surface area contributed by atoms with Gasteiger partial charge < -0.3 is 0 Å². The van der Waals surface area contributed by atoms with Crippen LogP contribution >= 0.6 is 0 Å². The van der Waals surface area contributed by atoms with Crippen LogP contribution in [0.1, 0.15) is 58.9 Å². The highest BCUT2D eigenvalue weighted by atomic mass is 14.0. The maximum absolute atomic E-state index is 2.40. The summed E-state index contributed by atoms with van der Waals surface area (Å²) in [6, 6.07) is 10.7. The third-order valence-corrected chi connectivity index (χ3v) is 3.65. The summed E-state index contributed by atoms with van der Waals surface area (Å²) in [5.41, 5.74) is 5.82. The molecule has 0 unspecified atom stereocenters. The second-order valence-corrected chi connectivity index (χ2v) is 6.15. The molecule has 0 bridgehead atoms. The lowest BCUT2D eigenvalue weighted by molar-refractivity contribution is 0.914. The van der Waals surface area contributed by atoms with Gasteiger partial charge in [-0.3, -0.25) is 0 Å². The molecule has 0 aromatic heterocycles. The van der Waals surface area contributed by atoms with Gasteiger partial charge in [-0.05, 0) is 65.4 Å². The molecule has 0 aliphatic heterocycles. The number of hydrogen-bond acceptors (Lipinski definition) is 0. The van der Waals surface area contributed by atoms with Gasteiger partial charge in [0.05, 0.1) is 0 Å². The largest absolute Gasteiger partial charge is 0.0856 e. The number of rotatable bonds is 8. The molecule has 0 saturated carbocycles. The van der Waals surface area contributed by atoms with Gasteiger partial charge in [0.25, 0.3) is 0 Å². The minimum atomic E-state index is 1.05. The topological polar surface area (TPSA) is 0 Å². The molecule has 1 rings (SSSR count). The third-order valence-electron chi connectivity index (χ3n) is 3.65. The molecule has 1 aromatic carbocycles. The second kappa shape index (κ2) is 10.2. The molecule has 0 saturated heterocycles. The van der Waals surface area contributed by atoms with E-state index in [0.29, 0.717) is 0 Å². The highest BCUT2D eigenvalue weighted by Gasteiger charge is 1.93. The quantitative estimate of drug-likeness (QED) is 0.468. The molecular formula is C21H30. The average Bonchev–Trinajstić information content (AvgIpc) is 2.46. The Morgan fingerprint density at radius 2 is 1.33 bits per heavy atom. The van der Waals surface area contributed by atoms with Gasteiger partial charge in [0.2, 0.25) is 0 Å². The first-order valence-electron chi connectivity index (χ1n) is 8.06. The van der Waals surface area contributed by atoms with E-state index in [1.54, 1.807) is 0 Å². The number of benzene rings is 1. The Balaban J connectivity index is 2.29. The Bertz CT molecular complexity index is 482. The highest BCUT2D eigenvalue weighted by molar-refractivity contribution is 5.19. The minimum Gasteiger partial charge on any atom is -0.0856 e. The van der Waals surface area contributed by atoms with Crippen molar-refractivity contribution in [3.63, 3.8) is 0 Å². The van der Waals surface area contributed by atoms with Crippen molar-refractivity contribution in [1.82, 2.24) is 0 Å². The molecule has 0 nitrogen and oxygen atoms in total. The maximum atomic E-state index is 2.40. The molecule has 0 aliphatic carbocycles. The molecule has 0 spiro atoms. The van der Waals surface area contributed by atoms with Crippen LogP contribution in [0, 0.1) is 0 Å². The van der Waals surface area contributed by atoms with Crippen molar-refractivity contribution in [2.75, 3.05) is 0 Å². The first-order valence-corrected chi connectivity index (χ1v) is 8.06. The normalized spacial score (nSPS) is 12.4. The molecular weight excluding hydrogens is 252 g/mol. The van der Waals surface area contributed by atoms with Crippen LogP contribution in [0.3, 0.4) is 0 Å². The average molecular weight is 282 g/mol. The van der Waals surface area contributed by atoms with E-state index in [1.807, 2.05) is 0 Å². The second-order valence-electron chi connectivity index (χ2n) is 6.15. The van der Waals surface area contributed by atoms with Crippen molar-refractivity contribution in [3.8, 4) is 0 Å². The fourth-order valence-electron chi connectivity index (χ4n) is 2.25. The van der Waals surface area contributed by atoms with Crippen molar-refractivity contribution in [3.05, 3.63) is 70.8 Å². The molecule has 114 valence electrons. The Morgan fingerprint density at radius 3 is 1.95 bits per heavy atom. The first-order chi connectivity index (χ1) is 10.1. The summed E-state index contributed by atoms with van der Waals surface area (Å²) >= 11 is 0. The smallest absolute Gasteiger partial charge is 0.00949 e. The Morgan fingerprint density at radius 1 is 0.762 bits per heavy atom.